The lowest BCUT2D eigenvalue weighted by atomic mass is 9.81. The number of oxazole rings is 1. The Hall–Kier alpha value is -1.06. The van der Waals surface area contributed by atoms with Crippen molar-refractivity contribution in [3.05, 3.63) is 28.6 Å². The van der Waals surface area contributed by atoms with E-state index in [0.717, 1.165) is 53.5 Å². The van der Waals surface area contributed by atoms with Gasteiger partial charge < -0.3 is 9.73 Å². The van der Waals surface area contributed by atoms with Gasteiger partial charge in [-0.15, -0.1) is 0 Å². The molecule has 0 saturated carbocycles. The highest BCUT2D eigenvalue weighted by molar-refractivity contribution is 6.31. The molecule has 3 rings (SSSR count). The second-order valence-electron chi connectivity index (χ2n) is 5.40. The van der Waals surface area contributed by atoms with E-state index in [-0.39, 0.29) is 5.41 Å². The fraction of sp³-hybridized carbons (Fsp3) is 0.500. The van der Waals surface area contributed by atoms with Gasteiger partial charge in [0.1, 0.15) is 5.52 Å². The van der Waals surface area contributed by atoms with Crippen LogP contribution in [0.4, 0.5) is 0 Å². The first kappa shape index (κ1) is 12.0. The van der Waals surface area contributed by atoms with Crippen molar-refractivity contribution < 1.29 is 4.42 Å². The molecule has 18 heavy (non-hydrogen) atoms. The summed E-state index contributed by atoms with van der Waals surface area (Å²) in [5.74, 6) is 0.851. The van der Waals surface area contributed by atoms with Crippen LogP contribution in [-0.2, 0) is 5.41 Å². The summed E-state index contributed by atoms with van der Waals surface area (Å²) in [4.78, 5) is 4.65. The van der Waals surface area contributed by atoms with Gasteiger partial charge in [0.25, 0.3) is 0 Å². The van der Waals surface area contributed by atoms with Crippen LogP contribution in [0, 0.1) is 6.92 Å². The number of halogens is 1. The molecule has 1 aliphatic rings. The lowest BCUT2D eigenvalue weighted by Gasteiger charge is -2.30. The van der Waals surface area contributed by atoms with Gasteiger partial charge in [-0.3, -0.25) is 0 Å². The highest BCUT2D eigenvalue weighted by Crippen LogP contribution is 2.35. The SMILES string of the molecule is Cc1cc(Cl)cc2nc(C3(C)CCNCC3)oc12. The summed E-state index contributed by atoms with van der Waals surface area (Å²) in [6, 6.07) is 3.80. The molecule has 4 heteroatoms. The minimum Gasteiger partial charge on any atom is -0.440 e. The number of nitrogens with one attached hydrogen (secondary N) is 1. The molecular formula is C14H17ClN2O. The molecule has 1 aliphatic heterocycles. The van der Waals surface area contributed by atoms with Crippen LogP contribution in [0.15, 0.2) is 16.5 Å². The average molecular weight is 265 g/mol. The van der Waals surface area contributed by atoms with Crippen LogP contribution in [0.2, 0.25) is 5.02 Å². The van der Waals surface area contributed by atoms with Crippen molar-refractivity contribution >= 4 is 22.7 Å². The number of nitrogens with zero attached hydrogens (tertiary/aromatic N) is 1. The molecule has 3 nitrogen and oxygen atoms in total. The third-order valence-corrected chi connectivity index (χ3v) is 4.08. The predicted molar refractivity (Wildman–Crippen MR) is 73.2 cm³/mol. The molecule has 0 amide bonds. The molecule has 96 valence electrons. The molecule has 0 bridgehead atoms. The Morgan fingerprint density at radius 2 is 2.06 bits per heavy atom. The number of piperidine rings is 1. The van der Waals surface area contributed by atoms with Crippen LogP contribution in [-0.4, -0.2) is 18.1 Å². The molecule has 0 unspecified atom stereocenters. The van der Waals surface area contributed by atoms with Crippen molar-refractivity contribution in [1.82, 2.24) is 10.3 Å². The zero-order chi connectivity index (χ0) is 12.8. The van der Waals surface area contributed by atoms with E-state index in [4.69, 9.17) is 16.0 Å². The summed E-state index contributed by atoms with van der Waals surface area (Å²) in [6.07, 6.45) is 2.12. The van der Waals surface area contributed by atoms with Crippen LogP contribution in [0.5, 0.6) is 0 Å². The molecule has 0 aliphatic carbocycles. The largest absolute Gasteiger partial charge is 0.440 e. The number of rotatable bonds is 1. The summed E-state index contributed by atoms with van der Waals surface area (Å²) < 4.78 is 6.00. The summed E-state index contributed by atoms with van der Waals surface area (Å²) in [6.45, 7) is 6.29. The van der Waals surface area contributed by atoms with E-state index in [1.54, 1.807) is 0 Å². The van der Waals surface area contributed by atoms with E-state index in [1.807, 2.05) is 19.1 Å². The second kappa shape index (κ2) is 4.25. The Labute approximate surface area is 112 Å². The minimum atomic E-state index is 0.0448. The lowest BCUT2D eigenvalue weighted by molar-refractivity contribution is 0.274. The van der Waals surface area contributed by atoms with Crippen molar-refractivity contribution in [2.45, 2.75) is 32.1 Å². The molecule has 1 fully saturated rings. The molecule has 2 heterocycles. The van der Waals surface area contributed by atoms with Gasteiger partial charge >= 0.3 is 0 Å². The van der Waals surface area contributed by atoms with Crippen LogP contribution in [0.1, 0.15) is 31.2 Å². The summed E-state index contributed by atoms with van der Waals surface area (Å²) in [7, 11) is 0. The van der Waals surface area contributed by atoms with Crippen molar-refractivity contribution in [2.75, 3.05) is 13.1 Å². The molecule has 1 saturated heterocycles. The average Bonchev–Trinajstić information content (AvgIpc) is 2.74. The van der Waals surface area contributed by atoms with Gasteiger partial charge in [-0.2, -0.15) is 0 Å². The molecule has 1 N–H and O–H groups in total. The van der Waals surface area contributed by atoms with Gasteiger partial charge in [0.2, 0.25) is 5.89 Å². The summed E-state index contributed by atoms with van der Waals surface area (Å²) >= 11 is 6.06. The van der Waals surface area contributed by atoms with Crippen LogP contribution < -0.4 is 5.32 Å². The van der Waals surface area contributed by atoms with Crippen LogP contribution in [0.25, 0.3) is 11.1 Å². The van der Waals surface area contributed by atoms with E-state index in [2.05, 4.69) is 17.2 Å². The molecule has 0 radical (unpaired) electrons. The zero-order valence-corrected chi connectivity index (χ0v) is 11.5. The summed E-state index contributed by atoms with van der Waals surface area (Å²) in [5.41, 5.74) is 2.83. The maximum Gasteiger partial charge on any atom is 0.201 e. The van der Waals surface area contributed by atoms with Gasteiger partial charge in [0.05, 0.1) is 0 Å². The van der Waals surface area contributed by atoms with Crippen LogP contribution >= 0.6 is 11.6 Å². The highest BCUT2D eigenvalue weighted by atomic mass is 35.5. The number of hydrogen-bond donors (Lipinski definition) is 1. The van der Waals surface area contributed by atoms with Crippen molar-refractivity contribution in [3.8, 4) is 0 Å². The molecule has 0 atom stereocenters. The van der Waals surface area contributed by atoms with Gasteiger partial charge in [-0.25, -0.2) is 4.98 Å². The van der Waals surface area contributed by atoms with Crippen molar-refractivity contribution in [3.63, 3.8) is 0 Å². The highest BCUT2D eigenvalue weighted by Gasteiger charge is 2.33. The fourth-order valence-electron chi connectivity index (χ4n) is 2.61. The van der Waals surface area contributed by atoms with Gasteiger partial charge in [-0.05, 0) is 50.6 Å². The first-order valence-corrected chi connectivity index (χ1v) is 6.74. The van der Waals surface area contributed by atoms with Crippen molar-refractivity contribution in [1.29, 1.82) is 0 Å². The second-order valence-corrected chi connectivity index (χ2v) is 5.84. The number of benzene rings is 1. The fourth-order valence-corrected chi connectivity index (χ4v) is 2.87. The number of aromatic nitrogens is 1. The molecule has 1 aromatic carbocycles. The first-order chi connectivity index (χ1) is 8.58. The smallest absolute Gasteiger partial charge is 0.201 e. The number of fused-ring (bicyclic) bond motifs is 1. The Morgan fingerprint density at radius 3 is 2.78 bits per heavy atom. The quantitative estimate of drug-likeness (QED) is 0.858. The summed E-state index contributed by atoms with van der Waals surface area (Å²) in [5, 5.41) is 4.09. The molecule has 2 aromatic rings. The third kappa shape index (κ3) is 1.91. The van der Waals surface area contributed by atoms with E-state index in [1.165, 1.54) is 0 Å². The maximum absolute atomic E-state index is 6.06. The van der Waals surface area contributed by atoms with E-state index < -0.39 is 0 Å². The predicted octanol–water partition coefficient (Wildman–Crippen LogP) is 3.43. The normalized spacial score (nSPS) is 19.3. The molecule has 0 spiro atoms. The first-order valence-electron chi connectivity index (χ1n) is 6.36. The number of aryl methyl sites for hydroxylation is 1. The Kier molecular flexibility index (Phi) is 2.83. The van der Waals surface area contributed by atoms with Gasteiger partial charge in [0.15, 0.2) is 5.58 Å². The van der Waals surface area contributed by atoms with Crippen LogP contribution in [0.3, 0.4) is 0 Å². The van der Waals surface area contributed by atoms with Crippen molar-refractivity contribution in [2.24, 2.45) is 0 Å². The van der Waals surface area contributed by atoms with E-state index >= 15 is 0 Å². The monoisotopic (exact) mass is 264 g/mol. The Balaban J connectivity index is 2.10. The molecule has 1 aromatic heterocycles. The van der Waals surface area contributed by atoms with E-state index in [0.29, 0.717) is 0 Å². The van der Waals surface area contributed by atoms with Gasteiger partial charge in [-0.1, -0.05) is 18.5 Å². The molecular weight excluding hydrogens is 248 g/mol. The Morgan fingerprint density at radius 1 is 1.33 bits per heavy atom. The standard InChI is InChI=1S/C14H17ClN2O/c1-9-7-10(15)8-11-12(9)18-13(17-11)14(2)3-5-16-6-4-14/h7-8,16H,3-6H2,1-2H3. The number of hydrogen-bond acceptors (Lipinski definition) is 3. The topological polar surface area (TPSA) is 38.1 Å². The van der Waals surface area contributed by atoms with Gasteiger partial charge in [0, 0.05) is 10.4 Å². The Bertz CT molecular complexity index is 585. The lowest BCUT2D eigenvalue weighted by Crippen LogP contribution is -2.37. The zero-order valence-electron chi connectivity index (χ0n) is 10.7. The van der Waals surface area contributed by atoms with E-state index in [9.17, 15) is 0 Å². The minimum absolute atomic E-state index is 0.0448. The maximum atomic E-state index is 6.06. The third-order valence-electron chi connectivity index (χ3n) is 3.86.